The van der Waals surface area contributed by atoms with Crippen LogP contribution in [0.1, 0.15) is 17.3 Å². The van der Waals surface area contributed by atoms with Crippen LogP contribution in [0, 0.1) is 0 Å². The van der Waals surface area contributed by atoms with E-state index in [9.17, 15) is 9.59 Å². The van der Waals surface area contributed by atoms with Crippen molar-refractivity contribution in [1.82, 2.24) is 4.90 Å². The van der Waals surface area contributed by atoms with Crippen molar-refractivity contribution in [2.75, 3.05) is 43.9 Å². The van der Waals surface area contributed by atoms with Crippen molar-refractivity contribution in [3.05, 3.63) is 23.8 Å². The maximum Gasteiger partial charge on any atom is 0.340 e. The normalized spacial score (nSPS) is 15.4. The highest BCUT2D eigenvalue weighted by molar-refractivity contribution is 5.99. The molecule has 1 aliphatic heterocycles. The van der Waals surface area contributed by atoms with Crippen LogP contribution in [0.2, 0.25) is 0 Å². The molecule has 1 heterocycles. The number of esters is 1. The Kier molecular flexibility index (Phi) is 4.12. The third-order valence-corrected chi connectivity index (χ3v) is 3.38. The first-order chi connectivity index (χ1) is 9.54. The molecule has 20 heavy (non-hydrogen) atoms. The first-order valence-electron chi connectivity index (χ1n) is 6.59. The molecule has 1 aromatic carbocycles. The number of likely N-dealkylation sites (N-methyl/N-ethyl adjacent to an activating group) is 1. The molecule has 0 radical (unpaired) electrons. The minimum Gasteiger partial charge on any atom is -0.462 e. The Labute approximate surface area is 118 Å². The largest absolute Gasteiger partial charge is 0.462 e. The number of hydrogen-bond acceptors (Lipinski definition) is 5. The van der Waals surface area contributed by atoms with Gasteiger partial charge in [-0.25, -0.2) is 4.79 Å². The zero-order valence-electron chi connectivity index (χ0n) is 11.8. The number of ether oxygens (including phenoxy) is 1. The zero-order chi connectivity index (χ0) is 14.7. The van der Waals surface area contributed by atoms with Gasteiger partial charge in [0.25, 0.3) is 0 Å². The molecule has 0 aliphatic carbocycles. The van der Waals surface area contributed by atoms with Crippen LogP contribution < -0.4 is 10.6 Å². The number of piperazine rings is 1. The molecule has 1 aromatic rings. The lowest BCUT2D eigenvalue weighted by Crippen LogP contribution is -2.48. The Hall–Kier alpha value is -2.24. The molecule has 0 unspecified atom stereocenters. The molecular formula is C14H19N3O3. The lowest BCUT2D eigenvalue weighted by molar-refractivity contribution is -0.129. The summed E-state index contributed by atoms with van der Waals surface area (Å²) in [5.74, 6) is -0.399. The van der Waals surface area contributed by atoms with Gasteiger partial charge in [-0.05, 0) is 19.1 Å². The van der Waals surface area contributed by atoms with Crippen LogP contribution >= 0.6 is 0 Å². The summed E-state index contributed by atoms with van der Waals surface area (Å²) in [7, 11) is 1.78. The van der Waals surface area contributed by atoms with Crippen molar-refractivity contribution in [2.45, 2.75) is 6.92 Å². The van der Waals surface area contributed by atoms with Crippen LogP contribution in [0.5, 0.6) is 0 Å². The molecule has 2 rings (SSSR count). The van der Waals surface area contributed by atoms with Crippen molar-refractivity contribution in [3.8, 4) is 0 Å². The number of nitrogens with two attached hydrogens (primary N) is 1. The van der Waals surface area contributed by atoms with Gasteiger partial charge in [0.1, 0.15) is 0 Å². The monoisotopic (exact) mass is 277 g/mol. The van der Waals surface area contributed by atoms with Crippen LogP contribution in [0.4, 0.5) is 11.4 Å². The summed E-state index contributed by atoms with van der Waals surface area (Å²) < 4.78 is 4.98. The molecule has 0 bridgehead atoms. The van der Waals surface area contributed by atoms with Crippen molar-refractivity contribution in [3.63, 3.8) is 0 Å². The maximum atomic E-state index is 11.8. The topological polar surface area (TPSA) is 75.9 Å². The van der Waals surface area contributed by atoms with E-state index < -0.39 is 5.97 Å². The van der Waals surface area contributed by atoms with E-state index in [1.54, 1.807) is 31.0 Å². The van der Waals surface area contributed by atoms with Gasteiger partial charge >= 0.3 is 5.97 Å². The van der Waals surface area contributed by atoms with Gasteiger partial charge in [0.15, 0.2) is 0 Å². The smallest absolute Gasteiger partial charge is 0.340 e. The first kappa shape index (κ1) is 14.2. The highest BCUT2D eigenvalue weighted by Crippen LogP contribution is 2.28. The fourth-order valence-electron chi connectivity index (χ4n) is 2.18. The number of hydrogen-bond donors (Lipinski definition) is 1. The molecule has 6 heteroatoms. The van der Waals surface area contributed by atoms with E-state index in [0.717, 1.165) is 0 Å². The maximum absolute atomic E-state index is 11.8. The van der Waals surface area contributed by atoms with Crippen LogP contribution in [-0.4, -0.2) is 50.1 Å². The SMILES string of the molecule is CCOC(=O)c1cccc(N2CCN(C)C(=O)C2)c1N. The quantitative estimate of drug-likeness (QED) is 0.651. The predicted octanol–water partition coefficient (Wildman–Crippen LogP) is 0.724. The van der Waals surface area contributed by atoms with E-state index in [1.807, 2.05) is 11.0 Å². The summed E-state index contributed by atoms with van der Waals surface area (Å²) >= 11 is 0. The van der Waals surface area contributed by atoms with Crippen LogP contribution in [-0.2, 0) is 9.53 Å². The van der Waals surface area contributed by atoms with Gasteiger partial charge in [-0.1, -0.05) is 6.07 Å². The number of amides is 1. The van der Waals surface area contributed by atoms with E-state index in [-0.39, 0.29) is 12.5 Å². The van der Waals surface area contributed by atoms with Crippen molar-refractivity contribution < 1.29 is 14.3 Å². The Morgan fingerprint density at radius 3 is 2.80 bits per heavy atom. The molecule has 1 fully saturated rings. The van der Waals surface area contributed by atoms with Gasteiger partial charge in [-0.3, -0.25) is 4.79 Å². The molecule has 0 saturated carbocycles. The zero-order valence-corrected chi connectivity index (χ0v) is 11.8. The van der Waals surface area contributed by atoms with Crippen LogP contribution in [0.3, 0.4) is 0 Å². The standard InChI is InChI=1S/C14H19N3O3/c1-3-20-14(19)10-5-4-6-11(13(10)15)17-8-7-16(2)12(18)9-17/h4-6H,3,7-9,15H2,1-2H3. The molecular weight excluding hydrogens is 258 g/mol. The predicted molar refractivity (Wildman–Crippen MR) is 76.7 cm³/mol. The van der Waals surface area contributed by atoms with E-state index in [1.165, 1.54) is 0 Å². The highest BCUT2D eigenvalue weighted by atomic mass is 16.5. The van der Waals surface area contributed by atoms with Gasteiger partial charge in [-0.15, -0.1) is 0 Å². The Morgan fingerprint density at radius 2 is 2.15 bits per heavy atom. The molecule has 108 valence electrons. The molecule has 0 atom stereocenters. The lowest BCUT2D eigenvalue weighted by atomic mass is 10.1. The molecule has 6 nitrogen and oxygen atoms in total. The van der Waals surface area contributed by atoms with Gasteiger partial charge < -0.3 is 20.3 Å². The number of benzene rings is 1. The summed E-state index contributed by atoms with van der Waals surface area (Å²) in [5, 5.41) is 0. The number of carbonyl (C=O) groups is 2. The highest BCUT2D eigenvalue weighted by Gasteiger charge is 2.24. The van der Waals surface area contributed by atoms with Crippen LogP contribution in [0.15, 0.2) is 18.2 Å². The van der Waals surface area contributed by atoms with Gasteiger partial charge in [0.2, 0.25) is 5.91 Å². The molecule has 0 spiro atoms. The number of rotatable bonds is 3. The summed E-state index contributed by atoms with van der Waals surface area (Å²) in [4.78, 5) is 27.2. The number of carbonyl (C=O) groups excluding carboxylic acids is 2. The number of nitrogens with zero attached hydrogens (tertiary/aromatic N) is 2. The van der Waals surface area contributed by atoms with Crippen molar-refractivity contribution >= 4 is 23.3 Å². The second-order valence-corrected chi connectivity index (χ2v) is 4.70. The van der Waals surface area contributed by atoms with Gasteiger partial charge in [0, 0.05) is 20.1 Å². The second-order valence-electron chi connectivity index (χ2n) is 4.70. The second kappa shape index (κ2) is 5.81. The fraction of sp³-hybridized carbons (Fsp3) is 0.429. The van der Waals surface area contributed by atoms with E-state index in [2.05, 4.69) is 0 Å². The van der Waals surface area contributed by atoms with E-state index in [0.29, 0.717) is 36.6 Å². The number of anilines is 2. The Bertz CT molecular complexity index is 530. The molecule has 1 amide bonds. The minimum absolute atomic E-state index is 0.0391. The van der Waals surface area contributed by atoms with Crippen LogP contribution in [0.25, 0.3) is 0 Å². The minimum atomic E-state index is -0.438. The van der Waals surface area contributed by atoms with Crippen molar-refractivity contribution in [1.29, 1.82) is 0 Å². The fourth-order valence-corrected chi connectivity index (χ4v) is 2.18. The number of para-hydroxylation sites is 1. The van der Waals surface area contributed by atoms with Gasteiger partial charge in [-0.2, -0.15) is 0 Å². The summed E-state index contributed by atoms with van der Waals surface area (Å²) in [5.41, 5.74) is 7.47. The lowest BCUT2D eigenvalue weighted by Gasteiger charge is -2.34. The average molecular weight is 277 g/mol. The van der Waals surface area contributed by atoms with Crippen molar-refractivity contribution in [2.24, 2.45) is 0 Å². The Balaban J connectivity index is 2.27. The summed E-state index contributed by atoms with van der Waals surface area (Å²) in [6, 6.07) is 5.20. The molecule has 1 aliphatic rings. The van der Waals surface area contributed by atoms with Gasteiger partial charge in [0.05, 0.1) is 30.1 Å². The first-order valence-corrected chi connectivity index (χ1v) is 6.59. The molecule has 2 N–H and O–H groups in total. The summed E-state index contributed by atoms with van der Waals surface area (Å²) in [6.45, 7) is 3.65. The number of nitrogen functional groups attached to an aromatic ring is 1. The third kappa shape index (κ3) is 2.68. The van der Waals surface area contributed by atoms with E-state index in [4.69, 9.17) is 10.5 Å². The molecule has 0 aromatic heterocycles. The average Bonchev–Trinajstić information content (AvgIpc) is 2.42. The third-order valence-electron chi connectivity index (χ3n) is 3.38. The van der Waals surface area contributed by atoms with E-state index >= 15 is 0 Å². The Morgan fingerprint density at radius 1 is 1.40 bits per heavy atom. The molecule has 1 saturated heterocycles. The summed E-state index contributed by atoms with van der Waals surface area (Å²) in [6.07, 6.45) is 0.